The van der Waals surface area contributed by atoms with Crippen LogP contribution in [0.4, 0.5) is 4.79 Å². The van der Waals surface area contributed by atoms with Crippen molar-refractivity contribution in [2.24, 2.45) is 11.3 Å². The molecule has 1 aliphatic carbocycles. The highest BCUT2D eigenvalue weighted by Crippen LogP contribution is 2.40. The molecule has 0 aromatic rings. The van der Waals surface area contributed by atoms with Gasteiger partial charge in [-0.15, -0.1) is 0 Å². The van der Waals surface area contributed by atoms with Crippen LogP contribution < -0.4 is 5.32 Å². The molecule has 1 heterocycles. The SMILES string of the molecule is CC1CCC2(CC1)C(=O)NC(=O)N2CCC(C)(C)C. The minimum atomic E-state index is -0.547. The maximum absolute atomic E-state index is 12.2. The second kappa shape index (κ2) is 4.80. The molecule has 1 spiro atoms. The van der Waals surface area contributed by atoms with Gasteiger partial charge in [-0.1, -0.05) is 27.7 Å². The standard InChI is InChI=1S/C15H26N2O2/c1-11-5-7-15(8-6-11)12(18)16-13(19)17(15)10-9-14(2,3)4/h11H,5-10H2,1-4H3,(H,16,18,19). The van der Waals surface area contributed by atoms with Crippen molar-refractivity contribution in [3.8, 4) is 0 Å². The number of rotatable bonds is 2. The summed E-state index contributed by atoms with van der Waals surface area (Å²) in [6, 6.07) is -0.191. The van der Waals surface area contributed by atoms with E-state index in [-0.39, 0.29) is 17.4 Å². The van der Waals surface area contributed by atoms with E-state index in [2.05, 4.69) is 33.0 Å². The van der Waals surface area contributed by atoms with Crippen LogP contribution in [0.25, 0.3) is 0 Å². The number of imide groups is 1. The van der Waals surface area contributed by atoms with Gasteiger partial charge in [-0.3, -0.25) is 10.1 Å². The van der Waals surface area contributed by atoms with Crippen molar-refractivity contribution in [2.75, 3.05) is 6.54 Å². The summed E-state index contributed by atoms with van der Waals surface area (Å²) in [5.41, 5.74) is -0.371. The molecule has 19 heavy (non-hydrogen) atoms. The third kappa shape index (κ3) is 2.77. The van der Waals surface area contributed by atoms with Crippen molar-refractivity contribution in [1.29, 1.82) is 0 Å². The maximum Gasteiger partial charge on any atom is 0.325 e. The summed E-state index contributed by atoms with van der Waals surface area (Å²) in [5, 5.41) is 2.53. The van der Waals surface area contributed by atoms with Crippen LogP contribution in [0.2, 0.25) is 0 Å². The van der Waals surface area contributed by atoms with Gasteiger partial charge in [-0.2, -0.15) is 0 Å². The fraction of sp³-hybridized carbons (Fsp3) is 0.867. The van der Waals surface area contributed by atoms with E-state index in [0.717, 1.165) is 32.1 Å². The first kappa shape index (κ1) is 14.4. The summed E-state index contributed by atoms with van der Waals surface area (Å²) in [6.45, 7) is 9.39. The molecule has 0 aromatic heterocycles. The fourth-order valence-corrected chi connectivity index (χ4v) is 3.10. The van der Waals surface area contributed by atoms with Crippen molar-refractivity contribution in [3.63, 3.8) is 0 Å². The summed E-state index contributed by atoms with van der Waals surface area (Å²) in [5.74, 6) is 0.594. The van der Waals surface area contributed by atoms with E-state index >= 15 is 0 Å². The van der Waals surface area contributed by atoms with E-state index in [0.29, 0.717) is 12.5 Å². The summed E-state index contributed by atoms with van der Waals surface area (Å²) in [7, 11) is 0. The number of nitrogens with zero attached hydrogens (tertiary/aromatic N) is 1. The molecule has 1 N–H and O–H groups in total. The van der Waals surface area contributed by atoms with Gasteiger partial charge in [0.15, 0.2) is 0 Å². The molecule has 0 atom stereocenters. The second-order valence-electron chi connectivity index (χ2n) is 7.44. The van der Waals surface area contributed by atoms with Crippen molar-refractivity contribution in [2.45, 2.75) is 65.3 Å². The first-order valence-corrected chi connectivity index (χ1v) is 7.38. The van der Waals surface area contributed by atoms with Crippen LogP contribution >= 0.6 is 0 Å². The maximum atomic E-state index is 12.2. The fourth-order valence-electron chi connectivity index (χ4n) is 3.10. The molecule has 1 saturated carbocycles. The van der Waals surface area contributed by atoms with Crippen LogP contribution in [-0.2, 0) is 4.79 Å². The first-order chi connectivity index (χ1) is 8.74. The molecule has 2 fully saturated rings. The van der Waals surface area contributed by atoms with Gasteiger partial charge >= 0.3 is 6.03 Å². The predicted molar refractivity (Wildman–Crippen MR) is 74.7 cm³/mol. The minimum absolute atomic E-state index is 0.0710. The van der Waals surface area contributed by atoms with Gasteiger partial charge in [0, 0.05) is 6.54 Å². The van der Waals surface area contributed by atoms with Crippen molar-refractivity contribution in [1.82, 2.24) is 10.2 Å². The average molecular weight is 266 g/mol. The van der Waals surface area contributed by atoms with E-state index in [1.54, 1.807) is 0 Å². The molecule has 1 aliphatic heterocycles. The van der Waals surface area contributed by atoms with Crippen molar-refractivity contribution >= 4 is 11.9 Å². The van der Waals surface area contributed by atoms with Crippen LogP contribution in [-0.4, -0.2) is 28.9 Å². The Kier molecular flexibility index (Phi) is 3.63. The Morgan fingerprint density at radius 2 is 1.84 bits per heavy atom. The van der Waals surface area contributed by atoms with Crippen LogP contribution in [0.1, 0.15) is 59.8 Å². The van der Waals surface area contributed by atoms with Gasteiger partial charge in [0.05, 0.1) is 0 Å². The van der Waals surface area contributed by atoms with E-state index in [1.165, 1.54) is 0 Å². The topological polar surface area (TPSA) is 49.4 Å². The Labute approximate surface area is 115 Å². The Hall–Kier alpha value is -1.06. The molecule has 2 rings (SSSR count). The number of hydrogen-bond acceptors (Lipinski definition) is 2. The zero-order valence-electron chi connectivity index (χ0n) is 12.6. The van der Waals surface area contributed by atoms with E-state index < -0.39 is 5.54 Å². The molecule has 0 unspecified atom stereocenters. The number of carbonyl (C=O) groups excluding carboxylic acids is 2. The molecular weight excluding hydrogens is 240 g/mol. The van der Waals surface area contributed by atoms with E-state index in [9.17, 15) is 9.59 Å². The summed E-state index contributed by atoms with van der Waals surface area (Å²) < 4.78 is 0. The van der Waals surface area contributed by atoms with Crippen molar-refractivity contribution in [3.05, 3.63) is 0 Å². The van der Waals surface area contributed by atoms with Crippen LogP contribution in [0, 0.1) is 11.3 Å². The lowest BCUT2D eigenvalue weighted by molar-refractivity contribution is -0.128. The van der Waals surface area contributed by atoms with Gasteiger partial charge in [0.25, 0.3) is 5.91 Å². The minimum Gasteiger partial charge on any atom is -0.310 e. The third-order valence-corrected chi connectivity index (χ3v) is 4.59. The molecule has 0 bridgehead atoms. The van der Waals surface area contributed by atoms with E-state index in [4.69, 9.17) is 0 Å². The smallest absolute Gasteiger partial charge is 0.310 e. The van der Waals surface area contributed by atoms with Gasteiger partial charge in [0.2, 0.25) is 0 Å². The quantitative estimate of drug-likeness (QED) is 0.781. The number of hydrogen-bond donors (Lipinski definition) is 1. The highest BCUT2D eigenvalue weighted by atomic mass is 16.2. The Balaban J connectivity index is 2.14. The summed E-state index contributed by atoms with van der Waals surface area (Å²) >= 11 is 0. The number of carbonyl (C=O) groups is 2. The molecular formula is C15H26N2O2. The molecule has 4 heteroatoms. The molecule has 3 amide bonds. The lowest BCUT2D eigenvalue weighted by Crippen LogP contribution is -2.52. The first-order valence-electron chi connectivity index (χ1n) is 7.38. The predicted octanol–water partition coefficient (Wildman–Crippen LogP) is 2.92. The highest BCUT2D eigenvalue weighted by Gasteiger charge is 2.53. The third-order valence-electron chi connectivity index (χ3n) is 4.59. The summed E-state index contributed by atoms with van der Waals surface area (Å²) in [6.07, 6.45) is 4.62. The lowest BCUT2D eigenvalue weighted by Gasteiger charge is -2.41. The van der Waals surface area contributed by atoms with Gasteiger partial charge < -0.3 is 4.90 Å². The summed E-state index contributed by atoms with van der Waals surface area (Å²) in [4.78, 5) is 26.1. The highest BCUT2D eigenvalue weighted by molar-refractivity contribution is 6.07. The zero-order valence-corrected chi connectivity index (χ0v) is 12.6. The lowest BCUT2D eigenvalue weighted by atomic mass is 9.76. The average Bonchev–Trinajstić information content (AvgIpc) is 2.51. The molecule has 0 radical (unpaired) electrons. The van der Waals surface area contributed by atoms with E-state index in [1.807, 2.05) is 4.90 Å². The van der Waals surface area contributed by atoms with Gasteiger partial charge in [-0.25, -0.2) is 4.79 Å². The largest absolute Gasteiger partial charge is 0.325 e. The molecule has 1 saturated heterocycles. The van der Waals surface area contributed by atoms with Crippen LogP contribution in [0.3, 0.4) is 0 Å². The van der Waals surface area contributed by atoms with Crippen LogP contribution in [0.5, 0.6) is 0 Å². The van der Waals surface area contributed by atoms with Crippen molar-refractivity contribution < 1.29 is 9.59 Å². The Morgan fingerprint density at radius 1 is 1.26 bits per heavy atom. The second-order valence-corrected chi connectivity index (χ2v) is 7.44. The Bertz CT molecular complexity index is 376. The van der Waals surface area contributed by atoms with Gasteiger partial charge in [0.1, 0.15) is 5.54 Å². The molecule has 2 aliphatic rings. The molecule has 0 aromatic carbocycles. The van der Waals surface area contributed by atoms with Crippen LogP contribution in [0.15, 0.2) is 0 Å². The number of nitrogens with one attached hydrogen (secondary N) is 1. The van der Waals surface area contributed by atoms with Gasteiger partial charge in [-0.05, 0) is 43.4 Å². The molecule has 108 valence electrons. The zero-order chi connectivity index (χ0) is 14.3. The Morgan fingerprint density at radius 3 is 2.37 bits per heavy atom. The number of urea groups is 1. The normalized spacial score (nSPS) is 32.0. The monoisotopic (exact) mass is 266 g/mol. The molecule has 4 nitrogen and oxygen atoms in total. The number of amides is 3.